The Hall–Kier alpha value is -1.15. The smallest absolute Gasteiger partial charge is 0.124 e. The van der Waals surface area contributed by atoms with Crippen molar-refractivity contribution in [3.05, 3.63) is 45.9 Å². The summed E-state index contributed by atoms with van der Waals surface area (Å²) in [5, 5.41) is 13.4. The highest BCUT2D eigenvalue weighted by molar-refractivity contribution is 14.1. The molecule has 0 amide bonds. The SMILES string of the molecule is Cc1ccc(Sc2ccc3c(I)cnn3c2)nn1. The van der Waals surface area contributed by atoms with E-state index in [0.29, 0.717) is 0 Å². The summed E-state index contributed by atoms with van der Waals surface area (Å²) < 4.78 is 3.03. The van der Waals surface area contributed by atoms with Gasteiger partial charge in [0.1, 0.15) is 5.03 Å². The first-order valence-electron chi connectivity index (χ1n) is 5.33. The van der Waals surface area contributed by atoms with Crippen molar-refractivity contribution in [1.29, 1.82) is 0 Å². The number of aryl methyl sites for hydroxylation is 1. The number of fused-ring (bicyclic) bond motifs is 1. The van der Waals surface area contributed by atoms with Crippen LogP contribution in [0, 0.1) is 10.5 Å². The van der Waals surface area contributed by atoms with E-state index in [1.807, 2.05) is 36.0 Å². The first-order chi connectivity index (χ1) is 8.72. The molecule has 4 nitrogen and oxygen atoms in total. The molecule has 3 rings (SSSR count). The van der Waals surface area contributed by atoms with Crippen LogP contribution in [0.15, 0.2) is 46.6 Å². The van der Waals surface area contributed by atoms with Crippen molar-refractivity contribution in [3.8, 4) is 0 Å². The number of nitrogens with zero attached hydrogens (tertiary/aromatic N) is 4. The first-order valence-corrected chi connectivity index (χ1v) is 7.23. The van der Waals surface area contributed by atoms with Gasteiger partial charge in [-0.1, -0.05) is 11.8 Å². The van der Waals surface area contributed by atoms with Gasteiger partial charge in [0.15, 0.2) is 0 Å². The van der Waals surface area contributed by atoms with Crippen molar-refractivity contribution < 1.29 is 0 Å². The van der Waals surface area contributed by atoms with Gasteiger partial charge < -0.3 is 0 Å². The van der Waals surface area contributed by atoms with Crippen LogP contribution in [0.2, 0.25) is 0 Å². The molecule has 0 aromatic carbocycles. The van der Waals surface area contributed by atoms with Gasteiger partial charge >= 0.3 is 0 Å². The predicted molar refractivity (Wildman–Crippen MR) is 78.8 cm³/mol. The molecule has 18 heavy (non-hydrogen) atoms. The number of hydrogen-bond donors (Lipinski definition) is 0. The zero-order chi connectivity index (χ0) is 12.5. The lowest BCUT2D eigenvalue weighted by atomic mass is 10.4. The van der Waals surface area contributed by atoms with Gasteiger partial charge in [-0.25, -0.2) is 4.52 Å². The summed E-state index contributed by atoms with van der Waals surface area (Å²) in [7, 11) is 0. The number of rotatable bonds is 2. The van der Waals surface area contributed by atoms with Crippen LogP contribution >= 0.6 is 34.4 Å². The van der Waals surface area contributed by atoms with Crippen molar-refractivity contribution in [1.82, 2.24) is 19.8 Å². The van der Waals surface area contributed by atoms with E-state index in [9.17, 15) is 0 Å². The molecule has 0 bridgehead atoms. The highest BCUT2D eigenvalue weighted by atomic mass is 127. The maximum atomic E-state index is 4.29. The minimum Gasteiger partial charge on any atom is -0.239 e. The average molecular weight is 368 g/mol. The molecule has 3 aromatic rings. The number of aromatic nitrogens is 4. The number of hydrogen-bond acceptors (Lipinski definition) is 4. The molecule has 0 aliphatic rings. The summed E-state index contributed by atoms with van der Waals surface area (Å²) in [6, 6.07) is 8.08. The molecule has 0 aliphatic heterocycles. The van der Waals surface area contributed by atoms with Gasteiger partial charge in [0.25, 0.3) is 0 Å². The Morgan fingerprint density at radius 2 is 2.06 bits per heavy atom. The first kappa shape index (κ1) is 11.9. The molecular formula is C12H9IN4S. The van der Waals surface area contributed by atoms with E-state index in [4.69, 9.17) is 0 Å². The number of halogens is 1. The van der Waals surface area contributed by atoms with Crippen LogP contribution in [-0.4, -0.2) is 19.8 Å². The quantitative estimate of drug-likeness (QED) is 0.652. The van der Waals surface area contributed by atoms with Crippen LogP contribution in [0.5, 0.6) is 0 Å². The summed E-state index contributed by atoms with van der Waals surface area (Å²) in [6.45, 7) is 1.93. The van der Waals surface area contributed by atoms with Gasteiger partial charge in [0, 0.05) is 11.1 Å². The Balaban J connectivity index is 1.92. The third-order valence-corrected chi connectivity index (χ3v) is 4.17. The molecular weight excluding hydrogens is 359 g/mol. The van der Waals surface area contributed by atoms with E-state index in [2.05, 4.69) is 50.0 Å². The highest BCUT2D eigenvalue weighted by Gasteiger charge is 2.04. The fourth-order valence-electron chi connectivity index (χ4n) is 1.56. The lowest BCUT2D eigenvalue weighted by Gasteiger charge is -2.01. The van der Waals surface area contributed by atoms with Crippen molar-refractivity contribution in [2.24, 2.45) is 0 Å². The Labute approximate surface area is 122 Å². The zero-order valence-electron chi connectivity index (χ0n) is 9.54. The van der Waals surface area contributed by atoms with Gasteiger partial charge in [-0.2, -0.15) is 10.2 Å². The molecule has 0 atom stereocenters. The topological polar surface area (TPSA) is 43.1 Å². The van der Waals surface area contributed by atoms with Crippen LogP contribution < -0.4 is 0 Å². The molecule has 6 heteroatoms. The van der Waals surface area contributed by atoms with Crippen LogP contribution in [-0.2, 0) is 0 Å². The minimum atomic E-state index is 0.891. The predicted octanol–water partition coefficient (Wildman–Crippen LogP) is 3.19. The maximum absolute atomic E-state index is 4.29. The molecule has 0 spiro atoms. The normalized spacial score (nSPS) is 11.0. The lowest BCUT2D eigenvalue weighted by molar-refractivity contribution is 0.893. The fourth-order valence-corrected chi connectivity index (χ4v) is 2.86. The van der Waals surface area contributed by atoms with Gasteiger partial charge in [-0.15, -0.1) is 5.10 Å². The van der Waals surface area contributed by atoms with Crippen LogP contribution in [0.25, 0.3) is 5.52 Å². The largest absolute Gasteiger partial charge is 0.239 e. The third-order valence-electron chi connectivity index (χ3n) is 2.44. The van der Waals surface area contributed by atoms with E-state index < -0.39 is 0 Å². The van der Waals surface area contributed by atoms with Crippen LogP contribution in [0.4, 0.5) is 0 Å². The maximum Gasteiger partial charge on any atom is 0.124 e. The van der Waals surface area contributed by atoms with Crippen molar-refractivity contribution >= 4 is 39.9 Å². The second-order valence-corrected chi connectivity index (χ2v) is 6.06. The van der Waals surface area contributed by atoms with E-state index >= 15 is 0 Å². The lowest BCUT2D eigenvalue weighted by Crippen LogP contribution is -1.90. The van der Waals surface area contributed by atoms with Crippen LogP contribution in [0.1, 0.15) is 5.69 Å². The van der Waals surface area contributed by atoms with Gasteiger partial charge in [0.05, 0.1) is 21.0 Å². The third kappa shape index (κ3) is 2.35. The van der Waals surface area contributed by atoms with Gasteiger partial charge in [0.2, 0.25) is 0 Å². The Bertz CT molecular complexity index is 693. The molecule has 3 heterocycles. The van der Waals surface area contributed by atoms with E-state index in [0.717, 1.165) is 24.7 Å². The average Bonchev–Trinajstić information content (AvgIpc) is 2.74. The summed E-state index contributed by atoms with van der Waals surface area (Å²) in [6.07, 6.45) is 3.86. The molecule has 0 aliphatic carbocycles. The fraction of sp³-hybridized carbons (Fsp3) is 0.0833. The van der Waals surface area contributed by atoms with Gasteiger partial charge in [-0.05, 0) is 53.8 Å². The second kappa shape index (κ2) is 4.85. The Morgan fingerprint density at radius 3 is 2.83 bits per heavy atom. The molecule has 0 N–H and O–H groups in total. The zero-order valence-corrected chi connectivity index (χ0v) is 12.5. The summed E-state index contributed by atoms with van der Waals surface area (Å²) in [5.74, 6) is 0. The molecule has 0 radical (unpaired) electrons. The highest BCUT2D eigenvalue weighted by Crippen LogP contribution is 2.26. The van der Waals surface area contributed by atoms with Crippen molar-refractivity contribution in [3.63, 3.8) is 0 Å². The van der Waals surface area contributed by atoms with E-state index in [1.165, 1.54) is 0 Å². The van der Waals surface area contributed by atoms with Gasteiger partial charge in [-0.3, -0.25) is 0 Å². The second-order valence-electron chi connectivity index (χ2n) is 3.80. The summed E-state index contributed by atoms with van der Waals surface area (Å²) in [4.78, 5) is 1.10. The summed E-state index contributed by atoms with van der Waals surface area (Å²) >= 11 is 3.86. The molecule has 3 aromatic heterocycles. The van der Waals surface area contributed by atoms with Crippen LogP contribution in [0.3, 0.4) is 0 Å². The van der Waals surface area contributed by atoms with Crippen molar-refractivity contribution in [2.45, 2.75) is 16.8 Å². The summed E-state index contributed by atoms with van der Waals surface area (Å²) in [5.41, 5.74) is 2.05. The van der Waals surface area contributed by atoms with Crippen molar-refractivity contribution in [2.75, 3.05) is 0 Å². The Kier molecular flexibility index (Phi) is 3.21. The van der Waals surface area contributed by atoms with E-state index in [1.54, 1.807) is 11.8 Å². The standard InChI is InChI=1S/C12H9IN4S/c1-8-2-5-12(16-15-8)18-9-3-4-11-10(13)6-14-17(11)7-9/h2-7H,1H3. The monoisotopic (exact) mass is 368 g/mol. The number of pyridine rings is 1. The van der Waals surface area contributed by atoms with E-state index in [-0.39, 0.29) is 0 Å². The molecule has 90 valence electrons. The molecule has 0 saturated heterocycles. The molecule has 0 saturated carbocycles. The Morgan fingerprint density at radius 1 is 1.17 bits per heavy atom. The molecule has 0 unspecified atom stereocenters. The minimum absolute atomic E-state index is 0.891. The molecule has 0 fully saturated rings.